The van der Waals surface area contributed by atoms with Gasteiger partial charge in [0.25, 0.3) is 0 Å². The van der Waals surface area contributed by atoms with Crippen LogP contribution in [0.5, 0.6) is 0 Å². The van der Waals surface area contributed by atoms with Crippen LogP contribution in [0.2, 0.25) is 0 Å². The van der Waals surface area contributed by atoms with Gasteiger partial charge in [-0.15, -0.1) is 0 Å². The molecule has 72 valence electrons. The SMILES string of the molecule is CCC(C(=O)NCO)S(C)(=O)=O. The zero-order valence-corrected chi connectivity index (χ0v) is 7.89. The van der Waals surface area contributed by atoms with Crippen LogP contribution in [-0.4, -0.2) is 37.7 Å². The van der Waals surface area contributed by atoms with Crippen molar-refractivity contribution in [2.75, 3.05) is 13.0 Å². The van der Waals surface area contributed by atoms with Gasteiger partial charge >= 0.3 is 0 Å². The zero-order valence-electron chi connectivity index (χ0n) is 7.07. The quantitative estimate of drug-likeness (QED) is 0.556. The molecule has 0 aromatic carbocycles. The Hall–Kier alpha value is -0.620. The third-order valence-corrected chi connectivity index (χ3v) is 3.01. The second-order valence-corrected chi connectivity index (χ2v) is 4.65. The lowest BCUT2D eigenvalue weighted by molar-refractivity contribution is -0.121. The Bertz CT molecular complexity index is 246. The van der Waals surface area contributed by atoms with Crippen molar-refractivity contribution < 1.29 is 18.3 Å². The van der Waals surface area contributed by atoms with Crippen LogP contribution in [0.4, 0.5) is 0 Å². The fourth-order valence-electron chi connectivity index (χ4n) is 0.874. The number of rotatable bonds is 4. The van der Waals surface area contributed by atoms with Gasteiger partial charge in [-0.3, -0.25) is 4.79 Å². The number of hydrogen-bond acceptors (Lipinski definition) is 4. The first kappa shape index (κ1) is 11.4. The highest BCUT2D eigenvalue weighted by atomic mass is 32.2. The monoisotopic (exact) mass is 195 g/mol. The maximum Gasteiger partial charge on any atom is 0.240 e. The van der Waals surface area contributed by atoms with Crippen LogP contribution in [0.1, 0.15) is 13.3 Å². The molecular formula is C6H13NO4S. The first-order valence-corrected chi connectivity index (χ1v) is 5.46. The van der Waals surface area contributed by atoms with Crippen LogP contribution in [-0.2, 0) is 14.6 Å². The van der Waals surface area contributed by atoms with E-state index in [9.17, 15) is 13.2 Å². The van der Waals surface area contributed by atoms with Crippen LogP contribution in [0.25, 0.3) is 0 Å². The van der Waals surface area contributed by atoms with E-state index in [2.05, 4.69) is 0 Å². The lowest BCUT2D eigenvalue weighted by Crippen LogP contribution is -2.39. The molecule has 12 heavy (non-hydrogen) atoms. The van der Waals surface area contributed by atoms with Gasteiger partial charge in [-0.2, -0.15) is 0 Å². The first-order chi connectivity index (χ1) is 5.43. The molecule has 0 rings (SSSR count). The summed E-state index contributed by atoms with van der Waals surface area (Å²) in [6.45, 7) is 1.06. The summed E-state index contributed by atoms with van der Waals surface area (Å²) >= 11 is 0. The van der Waals surface area contributed by atoms with E-state index in [-0.39, 0.29) is 6.42 Å². The Morgan fingerprint density at radius 1 is 1.58 bits per heavy atom. The van der Waals surface area contributed by atoms with Crippen LogP contribution < -0.4 is 5.32 Å². The number of carbonyl (C=O) groups is 1. The Kier molecular flexibility index (Phi) is 4.19. The molecule has 0 aliphatic rings. The number of sulfone groups is 1. The van der Waals surface area contributed by atoms with Gasteiger partial charge in [0.1, 0.15) is 12.0 Å². The maximum atomic E-state index is 11.0. The number of nitrogens with one attached hydrogen (secondary N) is 1. The van der Waals surface area contributed by atoms with Gasteiger partial charge in [0.15, 0.2) is 9.84 Å². The summed E-state index contributed by atoms with van der Waals surface area (Å²) in [5.74, 6) is -0.650. The molecule has 2 N–H and O–H groups in total. The number of aliphatic hydroxyl groups is 1. The largest absolute Gasteiger partial charge is 0.377 e. The van der Waals surface area contributed by atoms with Crippen LogP contribution in [0.15, 0.2) is 0 Å². The summed E-state index contributed by atoms with van der Waals surface area (Å²) in [5.41, 5.74) is 0. The fraction of sp³-hybridized carbons (Fsp3) is 0.833. The molecule has 5 nitrogen and oxygen atoms in total. The summed E-state index contributed by atoms with van der Waals surface area (Å²) < 4.78 is 21.9. The van der Waals surface area contributed by atoms with Crippen LogP contribution >= 0.6 is 0 Å². The Morgan fingerprint density at radius 2 is 2.08 bits per heavy atom. The Balaban J connectivity index is 4.47. The van der Waals surface area contributed by atoms with Crippen molar-refractivity contribution in [1.29, 1.82) is 0 Å². The second-order valence-electron chi connectivity index (χ2n) is 2.43. The van der Waals surface area contributed by atoms with Gasteiger partial charge in [0.05, 0.1) is 0 Å². The number of amides is 1. The minimum atomic E-state index is -3.36. The van der Waals surface area contributed by atoms with Crippen molar-refractivity contribution in [1.82, 2.24) is 5.32 Å². The van der Waals surface area contributed by atoms with Crippen molar-refractivity contribution in [2.45, 2.75) is 18.6 Å². The highest BCUT2D eigenvalue weighted by Gasteiger charge is 2.26. The second kappa shape index (κ2) is 4.42. The van der Waals surface area contributed by atoms with E-state index < -0.39 is 27.7 Å². The average molecular weight is 195 g/mol. The molecule has 0 aliphatic heterocycles. The molecule has 1 atom stereocenters. The van der Waals surface area contributed by atoms with Crippen molar-refractivity contribution in [3.05, 3.63) is 0 Å². The standard InChI is InChI=1S/C6H13NO4S/c1-3-5(12(2,10)11)6(9)7-4-8/h5,8H,3-4H2,1-2H3,(H,7,9). The molecule has 0 aromatic rings. The van der Waals surface area contributed by atoms with Crippen LogP contribution in [0, 0.1) is 0 Å². The summed E-state index contributed by atoms with van der Waals surface area (Å²) in [6, 6.07) is 0. The summed E-state index contributed by atoms with van der Waals surface area (Å²) in [5, 5.41) is 9.31. The fourth-order valence-corrected chi connectivity index (χ4v) is 1.95. The Morgan fingerprint density at radius 3 is 2.33 bits per heavy atom. The van der Waals surface area contributed by atoms with Crippen molar-refractivity contribution in [2.24, 2.45) is 0 Å². The summed E-state index contributed by atoms with van der Waals surface area (Å²) in [4.78, 5) is 11.0. The third kappa shape index (κ3) is 3.19. The highest BCUT2D eigenvalue weighted by Crippen LogP contribution is 2.03. The molecule has 0 saturated heterocycles. The molecule has 6 heteroatoms. The van der Waals surface area contributed by atoms with E-state index in [1.54, 1.807) is 6.92 Å². The van der Waals surface area contributed by atoms with Gasteiger partial charge in [0.2, 0.25) is 5.91 Å². The number of hydrogen-bond donors (Lipinski definition) is 2. The van der Waals surface area contributed by atoms with Gasteiger partial charge in [-0.25, -0.2) is 8.42 Å². The molecule has 0 fully saturated rings. The molecule has 1 unspecified atom stereocenters. The molecule has 0 spiro atoms. The molecule has 0 bridgehead atoms. The van der Waals surface area contributed by atoms with Gasteiger partial charge in [0, 0.05) is 6.26 Å². The maximum absolute atomic E-state index is 11.0. The predicted octanol–water partition coefficient (Wildman–Crippen LogP) is -1.12. The number of aliphatic hydroxyl groups excluding tert-OH is 1. The lowest BCUT2D eigenvalue weighted by atomic mass is 10.3. The average Bonchev–Trinajstić information content (AvgIpc) is 1.85. The van der Waals surface area contributed by atoms with E-state index in [1.165, 1.54) is 0 Å². The number of carbonyl (C=O) groups excluding carboxylic acids is 1. The van der Waals surface area contributed by atoms with E-state index in [0.717, 1.165) is 6.26 Å². The highest BCUT2D eigenvalue weighted by molar-refractivity contribution is 7.92. The molecule has 0 aromatic heterocycles. The van der Waals surface area contributed by atoms with E-state index in [1.807, 2.05) is 5.32 Å². The topological polar surface area (TPSA) is 83.5 Å². The summed E-state index contributed by atoms with van der Waals surface area (Å²) in [7, 11) is -3.36. The van der Waals surface area contributed by atoms with E-state index in [0.29, 0.717) is 0 Å². The Labute approximate surface area is 71.7 Å². The predicted molar refractivity (Wildman–Crippen MR) is 44.2 cm³/mol. The minimum Gasteiger partial charge on any atom is -0.377 e. The summed E-state index contributed by atoms with van der Waals surface area (Å²) in [6.07, 6.45) is 1.21. The van der Waals surface area contributed by atoms with Crippen molar-refractivity contribution in [3.8, 4) is 0 Å². The van der Waals surface area contributed by atoms with E-state index >= 15 is 0 Å². The van der Waals surface area contributed by atoms with Crippen molar-refractivity contribution >= 4 is 15.7 Å². The molecule has 1 amide bonds. The van der Waals surface area contributed by atoms with Gasteiger partial charge < -0.3 is 10.4 Å². The zero-order chi connectivity index (χ0) is 9.78. The first-order valence-electron chi connectivity index (χ1n) is 3.51. The molecule has 0 radical (unpaired) electrons. The normalized spacial score (nSPS) is 13.9. The van der Waals surface area contributed by atoms with Gasteiger partial charge in [-0.05, 0) is 6.42 Å². The molecule has 0 heterocycles. The molecule has 0 aliphatic carbocycles. The lowest BCUT2D eigenvalue weighted by Gasteiger charge is -2.10. The van der Waals surface area contributed by atoms with Crippen LogP contribution in [0.3, 0.4) is 0 Å². The molecular weight excluding hydrogens is 182 g/mol. The molecule has 0 saturated carbocycles. The van der Waals surface area contributed by atoms with E-state index in [4.69, 9.17) is 5.11 Å². The minimum absolute atomic E-state index is 0.213. The third-order valence-electron chi connectivity index (χ3n) is 1.43. The van der Waals surface area contributed by atoms with Crippen molar-refractivity contribution in [3.63, 3.8) is 0 Å². The smallest absolute Gasteiger partial charge is 0.240 e. The van der Waals surface area contributed by atoms with Gasteiger partial charge in [-0.1, -0.05) is 6.92 Å².